The number of para-hydroxylation sites is 1. The van der Waals surface area contributed by atoms with Crippen LogP contribution in [0.4, 0.5) is 4.79 Å². The maximum Gasteiger partial charge on any atom is 0.410 e. The first kappa shape index (κ1) is 16.4. The van der Waals surface area contributed by atoms with Gasteiger partial charge in [0.15, 0.2) is 6.10 Å². The highest BCUT2D eigenvalue weighted by Gasteiger charge is 2.25. The lowest BCUT2D eigenvalue weighted by Crippen LogP contribution is -2.46. The first-order chi connectivity index (χ1) is 10.5. The van der Waals surface area contributed by atoms with Gasteiger partial charge >= 0.3 is 6.09 Å². The Morgan fingerprint density at radius 3 is 2.82 bits per heavy atom. The zero-order valence-corrected chi connectivity index (χ0v) is 13.3. The van der Waals surface area contributed by atoms with E-state index in [1.807, 2.05) is 6.92 Å². The van der Waals surface area contributed by atoms with Gasteiger partial charge in [-0.25, -0.2) is 4.79 Å². The lowest BCUT2D eigenvalue weighted by molar-refractivity contribution is -0.127. The Bertz CT molecular complexity index is 552. The van der Waals surface area contributed by atoms with Crippen LogP contribution in [-0.2, 0) is 9.53 Å². The van der Waals surface area contributed by atoms with E-state index in [0.29, 0.717) is 30.5 Å². The zero-order chi connectivity index (χ0) is 16.1. The molecular weight excluding hydrogens is 308 g/mol. The first-order valence-electron chi connectivity index (χ1n) is 7.10. The number of amides is 2. The maximum absolute atomic E-state index is 12.1. The van der Waals surface area contributed by atoms with Gasteiger partial charge in [-0.15, -0.1) is 0 Å². The van der Waals surface area contributed by atoms with Gasteiger partial charge in [-0.05, 0) is 26.0 Å². The van der Waals surface area contributed by atoms with Crippen LogP contribution < -0.4 is 10.1 Å². The molecule has 1 fully saturated rings. The van der Waals surface area contributed by atoms with Gasteiger partial charge in [0.05, 0.1) is 11.6 Å². The van der Waals surface area contributed by atoms with Crippen LogP contribution in [0.15, 0.2) is 24.3 Å². The Labute approximate surface area is 134 Å². The van der Waals surface area contributed by atoms with Crippen molar-refractivity contribution in [2.75, 3.05) is 19.7 Å². The van der Waals surface area contributed by atoms with Crippen LogP contribution in [0.3, 0.4) is 0 Å². The maximum atomic E-state index is 12.1. The average molecular weight is 327 g/mol. The molecule has 0 aromatic heterocycles. The summed E-state index contributed by atoms with van der Waals surface area (Å²) in [6, 6.07) is 6.78. The van der Waals surface area contributed by atoms with Crippen LogP contribution in [0.1, 0.15) is 13.8 Å². The summed E-state index contributed by atoms with van der Waals surface area (Å²) in [7, 11) is 0. The van der Waals surface area contributed by atoms with Crippen molar-refractivity contribution in [2.45, 2.75) is 26.0 Å². The summed E-state index contributed by atoms with van der Waals surface area (Å²) < 4.78 is 10.4. The van der Waals surface area contributed by atoms with E-state index in [-0.39, 0.29) is 18.0 Å². The van der Waals surface area contributed by atoms with E-state index in [9.17, 15) is 9.59 Å². The fraction of sp³-hybridized carbons (Fsp3) is 0.467. The molecule has 1 heterocycles. The van der Waals surface area contributed by atoms with Gasteiger partial charge in [-0.3, -0.25) is 4.79 Å². The Hall–Kier alpha value is -1.95. The van der Waals surface area contributed by atoms with Crippen LogP contribution in [0.2, 0.25) is 5.02 Å². The highest BCUT2D eigenvalue weighted by Crippen LogP contribution is 2.24. The molecule has 1 aliphatic heterocycles. The number of hydrogen-bond acceptors (Lipinski definition) is 4. The molecule has 0 bridgehead atoms. The minimum absolute atomic E-state index is 0.199. The normalized spacial score (nSPS) is 16.9. The topological polar surface area (TPSA) is 67.9 Å². The Morgan fingerprint density at radius 1 is 1.45 bits per heavy atom. The molecule has 0 saturated carbocycles. The molecule has 1 aromatic rings. The van der Waals surface area contributed by atoms with Crippen LogP contribution in [0, 0.1) is 0 Å². The molecule has 2 unspecified atom stereocenters. The molecule has 1 N–H and O–H groups in total. The van der Waals surface area contributed by atoms with Gasteiger partial charge < -0.3 is 19.7 Å². The summed E-state index contributed by atoms with van der Waals surface area (Å²) in [4.78, 5) is 25.0. The van der Waals surface area contributed by atoms with E-state index in [0.717, 1.165) is 0 Å². The van der Waals surface area contributed by atoms with Crippen LogP contribution >= 0.6 is 11.6 Å². The quantitative estimate of drug-likeness (QED) is 0.869. The number of carbonyl (C=O) groups is 2. The molecule has 0 radical (unpaired) electrons. The van der Waals surface area contributed by atoms with Crippen LogP contribution in [-0.4, -0.2) is 48.7 Å². The number of nitrogens with zero attached hydrogens (tertiary/aromatic N) is 1. The van der Waals surface area contributed by atoms with Crippen molar-refractivity contribution in [2.24, 2.45) is 0 Å². The van der Waals surface area contributed by atoms with Gasteiger partial charge in [0.1, 0.15) is 12.4 Å². The minimum atomic E-state index is -0.687. The molecule has 0 spiro atoms. The van der Waals surface area contributed by atoms with Crippen molar-refractivity contribution in [1.29, 1.82) is 0 Å². The van der Waals surface area contributed by atoms with Crippen LogP contribution in [0.25, 0.3) is 0 Å². The van der Waals surface area contributed by atoms with Gasteiger partial charge in [0, 0.05) is 12.6 Å². The predicted octanol–water partition coefficient (Wildman–Crippen LogP) is 2.06. The Morgan fingerprint density at radius 2 is 2.18 bits per heavy atom. The van der Waals surface area contributed by atoms with Crippen molar-refractivity contribution < 1.29 is 19.1 Å². The number of hydrogen-bond donors (Lipinski definition) is 1. The van der Waals surface area contributed by atoms with E-state index in [4.69, 9.17) is 21.1 Å². The van der Waals surface area contributed by atoms with Crippen LogP contribution in [0.5, 0.6) is 5.75 Å². The highest BCUT2D eigenvalue weighted by atomic mass is 35.5. The highest BCUT2D eigenvalue weighted by molar-refractivity contribution is 6.32. The third-order valence-electron chi connectivity index (χ3n) is 3.24. The summed E-state index contributed by atoms with van der Waals surface area (Å²) in [6.07, 6.45) is -1.03. The van der Waals surface area contributed by atoms with E-state index in [1.165, 1.54) is 0 Å². The second kappa shape index (κ2) is 7.35. The SMILES string of the molecule is CC(CN1CCOC1=O)NC(=O)C(C)Oc1ccccc1Cl. The molecular formula is C15H19ClN2O4. The van der Waals surface area contributed by atoms with Gasteiger partial charge in [0.2, 0.25) is 0 Å². The summed E-state index contributed by atoms with van der Waals surface area (Å²) in [5, 5.41) is 3.26. The average Bonchev–Trinajstić information content (AvgIpc) is 2.86. The number of rotatable bonds is 6. The van der Waals surface area contributed by atoms with E-state index in [2.05, 4.69) is 5.32 Å². The molecule has 6 nitrogen and oxygen atoms in total. The molecule has 2 amide bonds. The monoisotopic (exact) mass is 326 g/mol. The molecule has 2 rings (SSSR count). The number of halogens is 1. The molecule has 1 aromatic carbocycles. The van der Waals surface area contributed by atoms with Crippen molar-refractivity contribution in [3.63, 3.8) is 0 Å². The fourth-order valence-electron chi connectivity index (χ4n) is 2.11. The van der Waals surface area contributed by atoms with Crippen molar-refractivity contribution in [3.8, 4) is 5.75 Å². The second-order valence-corrected chi connectivity index (χ2v) is 5.57. The third kappa shape index (κ3) is 4.27. The van der Waals surface area contributed by atoms with Gasteiger partial charge in [-0.1, -0.05) is 23.7 Å². The Balaban J connectivity index is 1.83. The summed E-state index contributed by atoms with van der Waals surface area (Å²) >= 11 is 5.99. The predicted molar refractivity (Wildman–Crippen MR) is 82.1 cm³/mol. The van der Waals surface area contributed by atoms with Crippen molar-refractivity contribution in [3.05, 3.63) is 29.3 Å². The number of cyclic esters (lactones) is 1. The smallest absolute Gasteiger partial charge is 0.410 e. The van der Waals surface area contributed by atoms with E-state index >= 15 is 0 Å². The summed E-state index contributed by atoms with van der Waals surface area (Å²) in [6.45, 7) is 4.82. The number of nitrogens with one attached hydrogen (secondary N) is 1. The molecule has 1 saturated heterocycles. The fourth-order valence-corrected chi connectivity index (χ4v) is 2.29. The lowest BCUT2D eigenvalue weighted by atomic mass is 10.2. The molecule has 2 atom stereocenters. The first-order valence-corrected chi connectivity index (χ1v) is 7.48. The summed E-state index contributed by atoms with van der Waals surface area (Å²) in [5.74, 6) is 0.197. The minimum Gasteiger partial charge on any atom is -0.479 e. The number of benzene rings is 1. The largest absolute Gasteiger partial charge is 0.479 e. The molecule has 7 heteroatoms. The summed E-state index contributed by atoms with van der Waals surface area (Å²) in [5.41, 5.74) is 0. The van der Waals surface area contributed by atoms with Gasteiger partial charge in [0.25, 0.3) is 5.91 Å². The molecule has 22 heavy (non-hydrogen) atoms. The Kier molecular flexibility index (Phi) is 5.49. The lowest BCUT2D eigenvalue weighted by Gasteiger charge is -2.22. The van der Waals surface area contributed by atoms with Gasteiger partial charge in [-0.2, -0.15) is 0 Å². The van der Waals surface area contributed by atoms with Crippen molar-refractivity contribution >= 4 is 23.6 Å². The zero-order valence-electron chi connectivity index (χ0n) is 12.5. The van der Waals surface area contributed by atoms with E-state index < -0.39 is 6.10 Å². The number of carbonyl (C=O) groups excluding carboxylic acids is 2. The molecule has 0 aliphatic carbocycles. The second-order valence-electron chi connectivity index (χ2n) is 5.16. The van der Waals surface area contributed by atoms with Crippen molar-refractivity contribution in [1.82, 2.24) is 10.2 Å². The van der Waals surface area contributed by atoms with E-state index in [1.54, 1.807) is 36.1 Å². The number of ether oxygens (including phenoxy) is 2. The molecule has 120 valence electrons. The third-order valence-corrected chi connectivity index (χ3v) is 3.55. The molecule has 1 aliphatic rings. The standard InChI is InChI=1S/C15H19ClN2O4/c1-10(9-18-7-8-21-15(18)20)17-14(19)11(2)22-13-6-4-3-5-12(13)16/h3-6,10-11H,7-9H2,1-2H3,(H,17,19).